The summed E-state index contributed by atoms with van der Waals surface area (Å²) in [5.74, 6) is -1.51. The van der Waals surface area contributed by atoms with Gasteiger partial charge in [-0.3, -0.25) is 4.79 Å². The van der Waals surface area contributed by atoms with Crippen LogP contribution in [-0.2, 0) is 4.74 Å². The van der Waals surface area contributed by atoms with Crippen molar-refractivity contribution in [3.63, 3.8) is 0 Å². The predicted octanol–water partition coefficient (Wildman–Crippen LogP) is 4.77. The number of anilines is 1. The number of ether oxygens (including phenoxy) is 2. The number of hydrogen-bond acceptors (Lipinski definition) is 7. The van der Waals surface area contributed by atoms with Gasteiger partial charge in [-0.05, 0) is 50.1 Å². The van der Waals surface area contributed by atoms with Gasteiger partial charge in [-0.2, -0.15) is 0 Å². The number of thiazole rings is 1. The van der Waals surface area contributed by atoms with Gasteiger partial charge in [0, 0.05) is 19.1 Å². The summed E-state index contributed by atoms with van der Waals surface area (Å²) in [5.41, 5.74) is 1.09. The van der Waals surface area contributed by atoms with Crippen molar-refractivity contribution in [2.24, 2.45) is 0 Å². The van der Waals surface area contributed by atoms with Gasteiger partial charge in [0.05, 0.1) is 28.0 Å². The van der Waals surface area contributed by atoms with E-state index in [1.54, 1.807) is 25.1 Å². The maximum atomic E-state index is 12.6. The number of benzene rings is 2. The number of carbonyl (C=O) groups excluding carboxylic acids is 2. The highest BCUT2D eigenvalue weighted by Gasteiger charge is 2.33. The molecule has 0 radical (unpaired) electrons. The minimum Gasteiger partial charge on any atom is -0.462 e. The van der Waals surface area contributed by atoms with E-state index in [1.165, 1.54) is 29.5 Å². The number of nitrogens with zero attached hydrogens (tertiary/aromatic N) is 2. The minimum atomic E-state index is -4.88. The highest BCUT2D eigenvalue weighted by Crippen LogP contribution is 2.32. The van der Waals surface area contributed by atoms with Crippen LogP contribution < -0.4 is 15.0 Å². The molecule has 1 amide bonds. The Labute approximate surface area is 197 Å². The molecule has 3 aromatic rings. The molecule has 2 aromatic carbocycles. The second-order valence-corrected chi connectivity index (χ2v) is 8.69. The Hall–Kier alpha value is -3.34. The summed E-state index contributed by atoms with van der Waals surface area (Å²) >= 11 is 1.47. The van der Waals surface area contributed by atoms with Gasteiger partial charge < -0.3 is 19.7 Å². The average molecular weight is 494 g/mol. The van der Waals surface area contributed by atoms with Crippen molar-refractivity contribution in [1.82, 2.24) is 10.3 Å². The lowest BCUT2D eigenvalue weighted by Gasteiger charge is -2.32. The number of alkyl halides is 3. The maximum Gasteiger partial charge on any atom is 0.573 e. The van der Waals surface area contributed by atoms with Gasteiger partial charge in [0.25, 0.3) is 5.91 Å². The van der Waals surface area contributed by atoms with E-state index in [9.17, 15) is 22.8 Å². The van der Waals surface area contributed by atoms with Gasteiger partial charge in [0.1, 0.15) is 5.75 Å². The summed E-state index contributed by atoms with van der Waals surface area (Å²) < 4.78 is 47.8. The number of para-hydroxylation sites is 1. The summed E-state index contributed by atoms with van der Waals surface area (Å²) in [6.45, 7) is 3.30. The molecule has 0 saturated carbocycles. The highest BCUT2D eigenvalue weighted by molar-refractivity contribution is 7.22. The zero-order chi connectivity index (χ0) is 24.3. The second-order valence-electron chi connectivity index (χ2n) is 7.68. The molecule has 2 heterocycles. The lowest BCUT2D eigenvalue weighted by Crippen LogP contribution is -2.44. The molecule has 0 spiro atoms. The van der Waals surface area contributed by atoms with Crippen molar-refractivity contribution < 1.29 is 32.2 Å². The fourth-order valence-corrected chi connectivity index (χ4v) is 4.79. The van der Waals surface area contributed by atoms with Crippen LogP contribution in [0.5, 0.6) is 5.75 Å². The summed E-state index contributed by atoms with van der Waals surface area (Å²) in [5, 5.41) is 3.62. The quantitative estimate of drug-likeness (QED) is 0.499. The largest absolute Gasteiger partial charge is 0.573 e. The van der Waals surface area contributed by atoms with E-state index in [1.807, 2.05) is 0 Å². The van der Waals surface area contributed by atoms with E-state index in [0.29, 0.717) is 38.1 Å². The monoisotopic (exact) mass is 493 g/mol. The number of halogens is 3. The molecule has 1 N–H and O–H groups in total. The van der Waals surface area contributed by atoms with Crippen molar-refractivity contribution in [2.75, 3.05) is 24.6 Å². The molecule has 0 bridgehead atoms. The molecule has 1 aromatic heterocycles. The highest BCUT2D eigenvalue weighted by atomic mass is 32.1. The molecule has 34 heavy (non-hydrogen) atoms. The van der Waals surface area contributed by atoms with Crippen molar-refractivity contribution in [1.29, 1.82) is 0 Å². The summed E-state index contributed by atoms with van der Waals surface area (Å²) in [7, 11) is 0. The second kappa shape index (κ2) is 9.88. The third kappa shape index (κ3) is 5.58. The third-order valence-corrected chi connectivity index (χ3v) is 6.43. The van der Waals surface area contributed by atoms with Crippen LogP contribution in [0, 0.1) is 0 Å². The Morgan fingerprint density at radius 3 is 2.62 bits per heavy atom. The standard InChI is InChI=1S/C23H22F3N3O4S/c1-2-32-21(31)14-7-8-17-19(13-14)34-22(28-17)29-11-9-15(10-12-29)27-20(30)16-5-3-4-6-18(16)33-23(24,25)26/h3-8,13,15H,2,9-12H2,1H3,(H,27,30). The van der Waals surface area contributed by atoms with Crippen LogP contribution in [0.15, 0.2) is 42.5 Å². The fraction of sp³-hybridized carbons (Fsp3) is 0.348. The van der Waals surface area contributed by atoms with Gasteiger partial charge in [0.2, 0.25) is 0 Å². The number of carbonyl (C=O) groups is 2. The number of nitrogens with one attached hydrogen (secondary N) is 1. The van der Waals surface area contributed by atoms with Crippen molar-refractivity contribution in [2.45, 2.75) is 32.2 Å². The van der Waals surface area contributed by atoms with E-state index in [2.05, 4.69) is 19.9 Å². The van der Waals surface area contributed by atoms with Gasteiger partial charge in [-0.1, -0.05) is 23.5 Å². The summed E-state index contributed by atoms with van der Waals surface area (Å²) in [6.07, 6.45) is -3.66. The first-order valence-corrected chi connectivity index (χ1v) is 11.5. The number of fused-ring (bicyclic) bond motifs is 1. The van der Waals surface area contributed by atoms with Crippen LogP contribution in [0.4, 0.5) is 18.3 Å². The van der Waals surface area contributed by atoms with E-state index in [0.717, 1.165) is 21.4 Å². The Morgan fingerprint density at radius 2 is 1.91 bits per heavy atom. The maximum absolute atomic E-state index is 12.6. The Kier molecular flexibility index (Phi) is 6.92. The van der Waals surface area contributed by atoms with Gasteiger partial charge >= 0.3 is 12.3 Å². The molecule has 4 rings (SSSR count). The zero-order valence-corrected chi connectivity index (χ0v) is 19.0. The summed E-state index contributed by atoms with van der Waals surface area (Å²) in [6, 6.07) is 10.3. The fourth-order valence-electron chi connectivity index (χ4n) is 3.74. The number of amides is 1. The molecule has 0 aliphatic carbocycles. The van der Waals surface area contributed by atoms with E-state index in [-0.39, 0.29) is 17.6 Å². The molecule has 180 valence electrons. The number of piperidine rings is 1. The predicted molar refractivity (Wildman–Crippen MR) is 121 cm³/mol. The lowest BCUT2D eigenvalue weighted by atomic mass is 10.0. The topological polar surface area (TPSA) is 80.8 Å². The molecule has 0 atom stereocenters. The normalized spacial score (nSPS) is 14.8. The van der Waals surface area contributed by atoms with Gasteiger partial charge in [-0.15, -0.1) is 13.2 Å². The van der Waals surface area contributed by atoms with Crippen LogP contribution in [0.2, 0.25) is 0 Å². The third-order valence-electron chi connectivity index (χ3n) is 5.35. The number of rotatable bonds is 6. The number of aromatic nitrogens is 1. The minimum absolute atomic E-state index is 0.161. The van der Waals surface area contributed by atoms with Gasteiger partial charge in [0.15, 0.2) is 5.13 Å². The SMILES string of the molecule is CCOC(=O)c1ccc2nc(N3CCC(NC(=O)c4ccccc4OC(F)(F)F)CC3)sc2c1. The van der Waals surface area contributed by atoms with E-state index >= 15 is 0 Å². The van der Waals surface area contributed by atoms with E-state index < -0.39 is 18.0 Å². The number of esters is 1. The van der Waals surface area contributed by atoms with Crippen LogP contribution >= 0.6 is 11.3 Å². The van der Waals surface area contributed by atoms with Crippen LogP contribution in [-0.4, -0.2) is 49.0 Å². The smallest absolute Gasteiger partial charge is 0.462 e. The first-order chi connectivity index (χ1) is 16.2. The van der Waals surface area contributed by atoms with Gasteiger partial charge in [-0.25, -0.2) is 9.78 Å². The average Bonchev–Trinajstić information content (AvgIpc) is 3.22. The first-order valence-electron chi connectivity index (χ1n) is 10.7. The lowest BCUT2D eigenvalue weighted by molar-refractivity contribution is -0.274. The van der Waals surface area contributed by atoms with E-state index in [4.69, 9.17) is 4.74 Å². The molecular formula is C23H22F3N3O4S. The molecule has 1 fully saturated rings. The Morgan fingerprint density at radius 1 is 1.18 bits per heavy atom. The van der Waals surface area contributed by atoms with Crippen LogP contribution in [0.3, 0.4) is 0 Å². The Balaban J connectivity index is 1.38. The molecule has 11 heteroatoms. The number of hydrogen-bond donors (Lipinski definition) is 1. The summed E-state index contributed by atoms with van der Waals surface area (Å²) in [4.78, 5) is 31.3. The zero-order valence-electron chi connectivity index (χ0n) is 18.2. The molecule has 1 aliphatic rings. The van der Waals surface area contributed by atoms with Crippen molar-refractivity contribution in [3.05, 3.63) is 53.6 Å². The van der Waals surface area contributed by atoms with Crippen molar-refractivity contribution >= 4 is 38.6 Å². The van der Waals surface area contributed by atoms with Crippen LogP contribution in [0.25, 0.3) is 10.2 Å². The molecule has 1 saturated heterocycles. The first kappa shape index (κ1) is 23.8. The molecular weight excluding hydrogens is 471 g/mol. The molecule has 7 nitrogen and oxygen atoms in total. The van der Waals surface area contributed by atoms with Crippen LogP contribution in [0.1, 0.15) is 40.5 Å². The van der Waals surface area contributed by atoms with Crippen molar-refractivity contribution in [3.8, 4) is 5.75 Å². The molecule has 1 aliphatic heterocycles. The Bertz CT molecular complexity index is 1190. The molecule has 0 unspecified atom stereocenters.